The molecule has 0 unspecified atom stereocenters. The van der Waals surface area contributed by atoms with Gasteiger partial charge in [-0.05, 0) is 19.4 Å². The van der Waals surface area contributed by atoms with E-state index in [0.29, 0.717) is 0 Å². The maximum absolute atomic E-state index is 3.99. The summed E-state index contributed by atoms with van der Waals surface area (Å²) in [5.41, 5.74) is 3.49. The van der Waals surface area contributed by atoms with E-state index in [1.165, 1.54) is 11.3 Å². The van der Waals surface area contributed by atoms with E-state index in [2.05, 4.69) is 31.9 Å². The summed E-state index contributed by atoms with van der Waals surface area (Å²) >= 11 is 0. The normalized spacial score (nSPS) is 17.8. The summed E-state index contributed by atoms with van der Waals surface area (Å²) in [4.78, 5) is 4.08. The Morgan fingerprint density at radius 1 is 1.00 bits per heavy atom. The summed E-state index contributed by atoms with van der Waals surface area (Å²) in [6.45, 7) is 12.1. The molecule has 0 aromatic rings. The van der Waals surface area contributed by atoms with Crippen molar-refractivity contribution in [1.29, 1.82) is 0 Å². The van der Waals surface area contributed by atoms with E-state index in [4.69, 9.17) is 0 Å². The van der Waals surface area contributed by atoms with Crippen LogP contribution >= 0.6 is 0 Å². The first kappa shape index (κ1) is 12.5. The van der Waals surface area contributed by atoms with Gasteiger partial charge in [-0.1, -0.05) is 13.2 Å². The van der Waals surface area contributed by atoms with Crippen LogP contribution < -0.4 is 0 Å². The first-order valence-corrected chi connectivity index (χ1v) is 4.00. The van der Waals surface area contributed by atoms with Gasteiger partial charge >= 0.3 is 0 Å². The quantitative estimate of drug-likeness (QED) is 0.662. The van der Waals surface area contributed by atoms with Crippen molar-refractivity contribution in [3.8, 4) is 0 Å². The Labute approximate surface area is 94.9 Å². The van der Waals surface area contributed by atoms with Crippen LogP contribution in [0.15, 0.2) is 35.9 Å². The van der Waals surface area contributed by atoms with Gasteiger partial charge in [-0.3, -0.25) is 0 Å². The molecule has 0 fully saturated rings. The van der Waals surface area contributed by atoms with E-state index in [1.807, 2.05) is 19.0 Å². The van der Waals surface area contributed by atoms with Crippen LogP contribution in [0.3, 0.4) is 0 Å². The zero-order valence-corrected chi connectivity index (χ0v) is 11.7. The molecule has 0 bridgehead atoms. The van der Waals surface area contributed by atoms with Crippen LogP contribution in [0.25, 0.3) is 0 Å². The molecule has 13 heavy (non-hydrogen) atoms. The van der Waals surface area contributed by atoms with Crippen LogP contribution in [0.5, 0.6) is 0 Å². The molecule has 0 amide bonds. The SMILES string of the molecule is C=C1C(C)=C(C)N(C)C(=C)N1C.[W]. The van der Waals surface area contributed by atoms with Crippen molar-refractivity contribution >= 4 is 0 Å². The monoisotopic (exact) mass is 348 g/mol. The average molecular weight is 348 g/mol. The predicted molar refractivity (Wildman–Crippen MR) is 52.2 cm³/mol. The smallest absolute Gasteiger partial charge is 0.105 e. The van der Waals surface area contributed by atoms with Gasteiger partial charge in [0.2, 0.25) is 0 Å². The third-order valence-corrected chi connectivity index (χ3v) is 2.66. The van der Waals surface area contributed by atoms with Crippen molar-refractivity contribution in [2.75, 3.05) is 14.1 Å². The topological polar surface area (TPSA) is 6.48 Å². The number of rotatable bonds is 0. The Hall–Kier alpha value is -0.492. The van der Waals surface area contributed by atoms with E-state index in [9.17, 15) is 0 Å². The third kappa shape index (κ3) is 1.88. The minimum Gasteiger partial charge on any atom is -0.335 e. The number of allylic oxidation sites excluding steroid dienone is 2. The van der Waals surface area contributed by atoms with Gasteiger partial charge in [0.15, 0.2) is 0 Å². The molecule has 0 radical (unpaired) electrons. The Bertz CT molecular complexity index is 279. The molecule has 1 heterocycles. The number of hydrogen-bond acceptors (Lipinski definition) is 2. The largest absolute Gasteiger partial charge is 0.335 e. The molecule has 0 saturated heterocycles. The number of hydrogen-bond donors (Lipinski definition) is 0. The van der Waals surface area contributed by atoms with Crippen LogP contribution in [0.4, 0.5) is 0 Å². The van der Waals surface area contributed by atoms with Gasteiger partial charge < -0.3 is 9.80 Å². The van der Waals surface area contributed by atoms with Gasteiger partial charge in [-0.2, -0.15) is 0 Å². The van der Waals surface area contributed by atoms with Gasteiger partial charge in [-0.25, -0.2) is 0 Å². The molecule has 0 N–H and O–H groups in total. The molecular formula is C10H16N2W. The van der Waals surface area contributed by atoms with Crippen molar-refractivity contribution in [3.63, 3.8) is 0 Å². The molecule has 1 aliphatic rings. The summed E-state index contributed by atoms with van der Waals surface area (Å²) in [5, 5.41) is 0. The molecule has 0 atom stereocenters. The van der Waals surface area contributed by atoms with E-state index in [0.717, 1.165) is 11.5 Å². The molecule has 2 nitrogen and oxygen atoms in total. The van der Waals surface area contributed by atoms with E-state index in [-0.39, 0.29) is 21.1 Å². The first-order chi connectivity index (χ1) is 5.46. The second-order valence-corrected chi connectivity index (χ2v) is 3.19. The average Bonchev–Trinajstić information content (AvgIpc) is 2.08. The molecule has 3 heteroatoms. The number of nitrogens with zero attached hydrogens (tertiary/aromatic N) is 2. The van der Waals surface area contributed by atoms with E-state index in [1.54, 1.807) is 0 Å². The number of likely N-dealkylation sites (N-methyl/N-ethyl adjacent to an activating group) is 1. The van der Waals surface area contributed by atoms with Crippen molar-refractivity contribution in [2.45, 2.75) is 13.8 Å². The van der Waals surface area contributed by atoms with Crippen LogP contribution in [0.2, 0.25) is 0 Å². The summed E-state index contributed by atoms with van der Waals surface area (Å²) in [6, 6.07) is 0. The maximum atomic E-state index is 3.99. The molecule has 0 saturated carbocycles. The van der Waals surface area contributed by atoms with E-state index >= 15 is 0 Å². The standard InChI is InChI=1S/C10H16N2.W/c1-7-8(2)11(5)10(4)12(6)9(7)3;/h2,4H2,1,3,5-6H3;. The second kappa shape index (κ2) is 4.15. The zero-order valence-electron chi connectivity index (χ0n) is 8.72. The fraction of sp³-hybridized carbons (Fsp3) is 0.400. The molecule has 72 valence electrons. The van der Waals surface area contributed by atoms with Crippen LogP contribution in [-0.2, 0) is 21.1 Å². The molecule has 0 aromatic heterocycles. The minimum absolute atomic E-state index is 0. The van der Waals surface area contributed by atoms with Crippen molar-refractivity contribution in [1.82, 2.24) is 9.80 Å². The van der Waals surface area contributed by atoms with Crippen molar-refractivity contribution in [2.24, 2.45) is 0 Å². The minimum atomic E-state index is 0. The van der Waals surface area contributed by atoms with E-state index < -0.39 is 0 Å². The molecule has 0 aromatic carbocycles. The van der Waals surface area contributed by atoms with Crippen molar-refractivity contribution < 1.29 is 21.1 Å². The Morgan fingerprint density at radius 2 is 1.46 bits per heavy atom. The predicted octanol–water partition coefficient (Wildman–Crippen LogP) is 2.14. The molecule has 0 aliphatic carbocycles. The van der Waals surface area contributed by atoms with Gasteiger partial charge in [0.25, 0.3) is 0 Å². The Morgan fingerprint density at radius 3 is 1.92 bits per heavy atom. The molecular weight excluding hydrogens is 332 g/mol. The summed E-state index contributed by atoms with van der Waals surface area (Å²) < 4.78 is 0. The van der Waals surface area contributed by atoms with Gasteiger partial charge in [0.05, 0.1) is 0 Å². The summed E-state index contributed by atoms with van der Waals surface area (Å²) in [7, 11) is 4.00. The zero-order chi connectivity index (χ0) is 9.46. The molecule has 1 aliphatic heterocycles. The van der Waals surface area contributed by atoms with Crippen LogP contribution in [-0.4, -0.2) is 23.9 Å². The third-order valence-electron chi connectivity index (χ3n) is 2.66. The summed E-state index contributed by atoms with van der Waals surface area (Å²) in [5.74, 6) is 0.975. The van der Waals surface area contributed by atoms with Gasteiger partial charge in [0, 0.05) is 46.6 Å². The van der Waals surface area contributed by atoms with Crippen molar-refractivity contribution in [3.05, 3.63) is 35.9 Å². The maximum Gasteiger partial charge on any atom is 0.105 e. The fourth-order valence-corrected chi connectivity index (χ4v) is 1.29. The van der Waals surface area contributed by atoms with Crippen LogP contribution in [0.1, 0.15) is 13.8 Å². The second-order valence-electron chi connectivity index (χ2n) is 3.19. The Kier molecular flexibility index (Phi) is 3.99. The summed E-state index contributed by atoms with van der Waals surface area (Å²) in [6.07, 6.45) is 0. The fourth-order valence-electron chi connectivity index (χ4n) is 1.29. The first-order valence-electron chi connectivity index (χ1n) is 4.00. The Balaban J connectivity index is 0.00000144. The van der Waals surface area contributed by atoms with Gasteiger partial charge in [-0.15, -0.1) is 0 Å². The molecule has 1 rings (SSSR count). The van der Waals surface area contributed by atoms with Gasteiger partial charge in [0.1, 0.15) is 5.82 Å². The van der Waals surface area contributed by atoms with Crippen LogP contribution in [0, 0.1) is 0 Å². The molecule has 0 spiro atoms.